The van der Waals surface area contributed by atoms with Gasteiger partial charge in [0.25, 0.3) is 0 Å². The Balaban J connectivity index is 1.84. The normalized spacial score (nSPS) is 19.9. The minimum atomic E-state index is -2.97. The van der Waals surface area contributed by atoms with Gasteiger partial charge in [-0.15, -0.1) is 0 Å². The van der Waals surface area contributed by atoms with Crippen molar-refractivity contribution >= 4 is 15.7 Å². The van der Waals surface area contributed by atoms with Crippen molar-refractivity contribution in [2.75, 3.05) is 25.2 Å². The number of carbonyl (C=O) groups excluding carboxylic acids is 1. The molecule has 0 N–H and O–H groups in total. The molecule has 0 bridgehead atoms. The van der Waals surface area contributed by atoms with Crippen molar-refractivity contribution < 1.29 is 17.9 Å². The van der Waals surface area contributed by atoms with Crippen molar-refractivity contribution in [1.29, 1.82) is 0 Å². The minimum Gasteiger partial charge on any atom is -0.493 e. The number of hydrogen-bond acceptors (Lipinski definition) is 4. The molecule has 0 spiro atoms. The van der Waals surface area contributed by atoms with Crippen molar-refractivity contribution in [2.24, 2.45) is 0 Å². The maximum atomic E-state index is 12.1. The van der Waals surface area contributed by atoms with Crippen LogP contribution in [-0.4, -0.2) is 50.4 Å². The van der Waals surface area contributed by atoms with E-state index in [4.69, 9.17) is 4.74 Å². The van der Waals surface area contributed by atoms with E-state index in [1.807, 2.05) is 32.0 Å². The summed E-state index contributed by atoms with van der Waals surface area (Å²) in [5.41, 5.74) is 2.15. The first-order valence-electron chi connectivity index (χ1n) is 7.44. The number of rotatable bonds is 5. The van der Waals surface area contributed by atoms with Gasteiger partial charge < -0.3 is 9.64 Å². The Hall–Kier alpha value is -1.56. The predicted molar refractivity (Wildman–Crippen MR) is 85.9 cm³/mol. The van der Waals surface area contributed by atoms with Gasteiger partial charge in [0, 0.05) is 13.1 Å². The average Bonchev–Trinajstić information content (AvgIpc) is 2.82. The highest BCUT2D eigenvalue weighted by atomic mass is 32.2. The summed E-state index contributed by atoms with van der Waals surface area (Å²) in [6, 6.07) is 5.76. The summed E-state index contributed by atoms with van der Waals surface area (Å²) in [5.74, 6) is 0.966. The summed E-state index contributed by atoms with van der Waals surface area (Å²) < 4.78 is 28.6. The number of nitrogens with zero attached hydrogens (tertiary/aromatic N) is 1. The van der Waals surface area contributed by atoms with E-state index < -0.39 is 9.84 Å². The van der Waals surface area contributed by atoms with Crippen molar-refractivity contribution in [1.82, 2.24) is 4.90 Å². The Morgan fingerprint density at radius 1 is 1.36 bits per heavy atom. The minimum absolute atomic E-state index is 0.0765. The molecule has 0 saturated carbocycles. The van der Waals surface area contributed by atoms with Gasteiger partial charge in [0.1, 0.15) is 5.75 Å². The van der Waals surface area contributed by atoms with E-state index in [1.165, 1.54) is 0 Å². The van der Waals surface area contributed by atoms with Crippen LogP contribution < -0.4 is 4.74 Å². The Labute approximate surface area is 132 Å². The molecule has 1 unspecified atom stereocenters. The predicted octanol–water partition coefficient (Wildman–Crippen LogP) is 1.72. The van der Waals surface area contributed by atoms with Gasteiger partial charge in [0.2, 0.25) is 5.91 Å². The number of aryl methyl sites for hydroxylation is 2. The number of amides is 1. The molecule has 1 amide bonds. The van der Waals surface area contributed by atoms with Gasteiger partial charge in [-0.05, 0) is 37.5 Å². The lowest BCUT2D eigenvalue weighted by molar-refractivity contribution is -0.132. The number of carbonyl (C=O) groups is 1. The van der Waals surface area contributed by atoms with Gasteiger partial charge in [0.05, 0.1) is 24.5 Å². The van der Waals surface area contributed by atoms with Crippen LogP contribution in [0.5, 0.6) is 5.75 Å². The zero-order valence-electron chi connectivity index (χ0n) is 13.3. The van der Waals surface area contributed by atoms with E-state index >= 15 is 0 Å². The van der Waals surface area contributed by atoms with E-state index in [2.05, 4.69) is 0 Å². The molecule has 1 fully saturated rings. The van der Waals surface area contributed by atoms with Gasteiger partial charge in [-0.2, -0.15) is 0 Å². The van der Waals surface area contributed by atoms with E-state index in [0.29, 0.717) is 13.0 Å². The second-order valence-corrected chi connectivity index (χ2v) is 8.16. The molecule has 1 heterocycles. The average molecular weight is 325 g/mol. The summed E-state index contributed by atoms with van der Waals surface area (Å²) >= 11 is 0. The Morgan fingerprint density at radius 3 is 2.73 bits per heavy atom. The van der Waals surface area contributed by atoms with Crippen LogP contribution in [-0.2, 0) is 14.6 Å². The number of benzene rings is 1. The Bertz CT molecular complexity index is 654. The first-order valence-corrected chi connectivity index (χ1v) is 9.27. The third-order valence-corrected chi connectivity index (χ3v) is 5.82. The smallest absolute Gasteiger partial charge is 0.226 e. The lowest BCUT2D eigenvalue weighted by atomic mass is 10.1. The molecule has 6 heteroatoms. The third kappa shape index (κ3) is 4.22. The van der Waals surface area contributed by atoms with Crippen LogP contribution in [0, 0.1) is 13.8 Å². The maximum absolute atomic E-state index is 12.1. The zero-order chi connectivity index (χ0) is 16.3. The highest BCUT2D eigenvalue weighted by Gasteiger charge is 2.32. The molecule has 5 nitrogen and oxygen atoms in total. The Kier molecular flexibility index (Phi) is 5.11. The van der Waals surface area contributed by atoms with Gasteiger partial charge in [-0.25, -0.2) is 8.42 Å². The molecule has 1 aromatic carbocycles. The van der Waals surface area contributed by atoms with Gasteiger partial charge >= 0.3 is 0 Å². The molecule has 122 valence electrons. The van der Waals surface area contributed by atoms with Crippen molar-refractivity contribution in [3.63, 3.8) is 0 Å². The van der Waals surface area contributed by atoms with E-state index in [9.17, 15) is 13.2 Å². The number of ether oxygens (including phenoxy) is 1. The topological polar surface area (TPSA) is 63.7 Å². The summed E-state index contributed by atoms with van der Waals surface area (Å²) in [5, 5.41) is 0. The fourth-order valence-electron chi connectivity index (χ4n) is 2.57. The molecular weight excluding hydrogens is 302 g/mol. The molecule has 1 aliphatic heterocycles. The van der Waals surface area contributed by atoms with E-state index in [0.717, 1.165) is 16.9 Å². The molecule has 2 rings (SSSR count). The summed E-state index contributed by atoms with van der Waals surface area (Å²) in [6.45, 7) is 4.25. The monoisotopic (exact) mass is 325 g/mol. The lowest BCUT2D eigenvalue weighted by Crippen LogP contribution is -2.38. The SMILES string of the molecule is Cc1ccc(C)c(OCCC(=O)N(C)C2CCS(=O)(=O)C2)c1. The highest BCUT2D eigenvalue weighted by molar-refractivity contribution is 7.91. The Morgan fingerprint density at radius 2 is 2.09 bits per heavy atom. The highest BCUT2D eigenvalue weighted by Crippen LogP contribution is 2.20. The van der Waals surface area contributed by atoms with Gasteiger partial charge in [-0.3, -0.25) is 4.79 Å². The molecule has 0 radical (unpaired) electrons. The molecule has 0 aliphatic carbocycles. The van der Waals surface area contributed by atoms with Crippen LogP contribution in [0.3, 0.4) is 0 Å². The second-order valence-electron chi connectivity index (χ2n) is 5.93. The van der Waals surface area contributed by atoms with Crippen LogP contribution >= 0.6 is 0 Å². The molecule has 1 aromatic rings. The molecule has 22 heavy (non-hydrogen) atoms. The summed E-state index contributed by atoms with van der Waals surface area (Å²) in [7, 11) is -1.30. The molecule has 0 aromatic heterocycles. The molecular formula is C16H23NO4S. The van der Waals surface area contributed by atoms with Gasteiger partial charge in [-0.1, -0.05) is 12.1 Å². The van der Waals surface area contributed by atoms with E-state index in [1.54, 1.807) is 11.9 Å². The van der Waals surface area contributed by atoms with Crippen LogP contribution in [0.1, 0.15) is 24.0 Å². The second kappa shape index (κ2) is 6.69. The standard InChI is InChI=1S/C16H23NO4S/c1-12-4-5-13(2)15(10-12)21-8-6-16(18)17(3)14-7-9-22(19,20)11-14/h4-5,10,14H,6-9,11H2,1-3H3. The fraction of sp³-hybridized carbons (Fsp3) is 0.562. The largest absolute Gasteiger partial charge is 0.493 e. The number of hydrogen-bond donors (Lipinski definition) is 0. The molecule has 1 atom stereocenters. The van der Waals surface area contributed by atoms with Crippen LogP contribution in [0.4, 0.5) is 0 Å². The fourth-order valence-corrected chi connectivity index (χ4v) is 4.35. The van der Waals surface area contributed by atoms with Crippen LogP contribution in [0.2, 0.25) is 0 Å². The summed E-state index contributed by atoms with van der Waals surface area (Å²) in [4.78, 5) is 13.7. The van der Waals surface area contributed by atoms with Crippen molar-refractivity contribution in [3.8, 4) is 5.75 Å². The first-order chi connectivity index (χ1) is 10.3. The van der Waals surface area contributed by atoms with Crippen molar-refractivity contribution in [2.45, 2.75) is 32.7 Å². The zero-order valence-corrected chi connectivity index (χ0v) is 14.1. The van der Waals surface area contributed by atoms with Crippen LogP contribution in [0.15, 0.2) is 18.2 Å². The number of sulfone groups is 1. The van der Waals surface area contributed by atoms with Crippen LogP contribution in [0.25, 0.3) is 0 Å². The van der Waals surface area contributed by atoms with Gasteiger partial charge in [0.15, 0.2) is 9.84 Å². The van der Waals surface area contributed by atoms with E-state index in [-0.39, 0.29) is 29.9 Å². The maximum Gasteiger partial charge on any atom is 0.226 e. The first kappa shape index (κ1) is 16.8. The third-order valence-electron chi connectivity index (χ3n) is 4.07. The molecule has 1 saturated heterocycles. The summed E-state index contributed by atoms with van der Waals surface area (Å²) in [6.07, 6.45) is 0.781. The van der Waals surface area contributed by atoms with Crippen molar-refractivity contribution in [3.05, 3.63) is 29.3 Å². The lowest BCUT2D eigenvalue weighted by Gasteiger charge is -2.23. The quantitative estimate of drug-likeness (QED) is 0.827. The molecule has 1 aliphatic rings.